The van der Waals surface area contributed by atoms with Gasteiger partial charge in [-0.15, -0.1) is 0 Å². The molecule has 0 radical (unpaired) electrons. The maximum atomic E-state index is 13.4. The van der Waals surface area contributed by atoms with Crippen LogP contribution in [0.4, 0.5) is 8.78 Å². The van der Waals surface area contributed by atoms with Crippen LogP contribution in [-0.4, -0.2) is 37.4 Å². The van der Waals surface area contributed by atoms with Crippen LogP contribution in [-0.2, 0) is 16.4 Å². The average molecular weight is 461 g/mol. The van der Waals surface area contributed by atoms with E-state index in [1.165, 1.54) is 10.4 Å². The number of hydrogen-bond donors (Lipinski definition) is 0. The Morgan fingerprint density at radius 1 is 1.16 bits per heavy atom. The Hall–Kier alpha value is -2.78. The topological polar surface area (TPSA) is 72.6 Å². The number of rotatable bonds is 5. The summed E-state index contributed by atoms with van der Waals surface area (Å²) >= 11 is 0. The number of oxazole rings is 1. The smallest absolute Gasteiger partial charge is 0.387 e. The summed E-state index contributed by atoms with van der Waals surface area (Å²) in [6, 6.07) is 12.1. The first-order valence-corrected chi connectivity index (χ1v) is 12.0. The van der Waals surface area contributed by atoms with Gasteiger partial charge in [-0.25, -0.2) is 13.4 Å². The van der Waals surface area contributed by atoms with Crippen molar-refractivity contribution < 1.29 is 26.4 Å². The molecule has 0 saturated carbocycles. The van der Waals surface area contributed by atoms with E-state index in [9.17, 15) is 17.2 Å². The molecular formula is C23H22F2N2O4S. The standard InChI is InChI=1S/C23H22F2N2O4S/c24-23(25)30-18-9-7-16-13-19(10-8-15(16)12-18)32(28,29)27-11-3-4-17(14-27)22-26-20-5-1-2-6-21(20)31-22/h1-2,5-7,9,12-13,17,23H,3-4,8,10-11,14H2. The van der Waals surface area contributed by atoms with Crippen LogP contribution in [0.25, 0.3) is 17.2 Å². The van der Waals surface area contributed by atoms with Crippen LogP contribution in [0.3, 0.4) is 0 Å². The number of allylic oxidation sites excluding steroid dienone is 1. The van der Waals surface area contributed by atoms with E-state index in [1.54, 1.807) is 18.2 Å². The number of aromatic nitrogens is 1. The fraction of sp³-hybridized carbons (Fsp3) is 0.348. The van der Waals surface area contributed by atoms with Gasteiger partial charge in [-0.3, -0.25) is 0 Å². The molecule has 2 aromatic carbocycles. The summed E-state index contributed by atoms with van der Waals surface area (Å²) in [4.78, 5) is 4.89. The van der Waals surface area contributed by atoms with Gasteiger partial charge < -0.3 is 9.15 Å². The van der Waals surface area contributed by atoms with Gasteiger partial charge in [0.2, 0.25) is 10.0 Å². The molecule has 1 atom stereocenters. The van der Waals surface area contributed by atoms with Crippen molar-refractivity contribution in [2.24, 2.45) is 0 Å². The second-order valence-corrected chi connectivity index (χ2v) is 10.1. The zero-order chi connectivity index (χ0) is 22.3. The van der Waals surface area contributed by atoms with Gasteiger partial charge in [0.05, 0.1) is 4.91 Å². The third-order valence-electron chi connectivity index (χ3n) is 6.01. The van der Waals surface area contributed by atoms with Crippen LogP contribution in [0.15, 0.2) is 51.8 Å². The van der Waals surface area contributed by atoms with E-state index in [1.807, 2.05) is 24.3 Å². The lowest BCUT2D eigenvalue weighted by atomic mass is 9.97. The van der Waals surface area contributed by atoms with Crippen LogP contribution < -0.4 is 4.74 Å². The fourth-order valence-corrected chi connectivity index (χ4v) is 6.13. The Kier molecular flexibility index (Phi) is 5.46. The lowest BCUT2D eigenvalue weighted by Gasteiger charge is -2.32. The molecule has 2 aliphatic rings. The first-order chi connectivity index (χ1) is 15.4. The summed E-state index contributed by atoms with van der Waals surface area (Å²) in [7, 11) is -3.65. The molecule has 1 fully saturated rings. The van der Waals surface area contributed by atoms with Gasteiger partial charge in [-0.2, -0.15) is 13.1 Å². The van der Waals surface area contributed by atoms with Crippen LogP contribution in [0.1, 0.15) is 42.2 Å². The predicted molar refractivity (Wildman–Crippen MR) is 116 cm³/mol. The number of para-hydroxylation sites is 2. The van der Waals surface area contributed by atoms with Crippen LogP contribution in [0, 0.1) is 0 Å². The first kappa shape index (κ1) is 21.1. The van der Waals surface area contributed by atoms with Gasteiger partial charge >= 0.3 is 6.61 Å². The van der Waals surface area contributed by atoms with E-state index in [2.05, 4.69) is 9.72 Å². The van der Waals surface area contributed by atoms with Gasteiger partial charge in [-0.05, 0) is 67.2 Å². The Balaban J connectivity index is 1.37. The molecule has 0 spiro atoms. The van der Waals surface area contributed by atoms with Crippen molar-refractivity contribution in [3.8, 4) is 5.75 Å². The zero-order valence-electron chi connectivity index (χ0n) is 17.2. The summed E-state index contributed by atoms with van der Waals surface area (Å²) in [6.45, 7) is -2.12. The highest BCUT2D eigenvalue weighted by molar-refractivity contribution is 7.93. The molecule has 6 nitrogen and oxygen atoms in total. The van der Waals surface area contributed by atoms with Crippen LogP contribution in [0.5, 0.6) is 5.75 Å². The van der Waals surface area contributed by atoms with Crippen molar-refractivity contribution in [2.45, 2.75) is 38.2 Å². The highest BCUT2D eigenvalue weighted by Gasteiger charge is 2.35. The average Bonchev–Trinajstić information content (AvgIpc) is 3.23. The maximum Gasteiger partial charge on any atom is 0.387 e. The molecule has 5 rings (SSSR count). The molecule has 0 N–H and O–H groups in total. The number of aryl methyl sites for hydroxylation is 1. The van der Waals surface area contributed by atoms with Crippen molar-refractivity contribution in [3.05, 3.63) is 64.4 Å². The van der Waals surface area contributed by atoms with E-state index in [-0.39, 0.29) is 11.7 Å². The molecule has 1 saturated heterocycles. The van der Waals surface area contributed by atoms with Crippen molar-refractivity contribution >= 4 is 27.2 Å². The predicted octanol–water partition coefficient (Wildman–Crippen LogP) is 4.93. The number of halogens is 2. The summed E-state index contributed by atoms with van der Waals surface area (Å²) in [5, 5.41) is 0. The first-order valence-electron chi connectivity index (χ1n) is 10.5. The second-order valence-electron chi connectivity index (χ2n) is 8.07. The quantitative estimate of drug-likeness (QED) is 0.540. The van der Waals surface area contributed by atoms with Crippen molar-refractivity contribution in [2.75, 3.05) is 13.1 Å². The maximum absolute atomic E-state index is 13.4. The normalized spacial score (nSPS) is 19.7. The Labute approximate surface area is 184 Å². The number of piperidine rings is 1. The molecule has 1 aromatic heterocycles. The highest BCUT2D eigenvalue weighted by Crippen LogP contribution is 2.35. The summed E-state index contributed by atoms with van der Waals surface area (Å²) < 4.78 is 63.6. The van der Waals surface area contributed by atoms with Crippen LogP contribution in [0.2, 0.25) is 0 Å². The number of nitrogens with zero attached hydrogens (tertiary/aromatic N) is 2. The molecule has 2 heterocycles. The van der Waals surface area contributed by atoms with Crippen molar-refractivity contribution in [1.29, 1.82) is 0 Å². The second kappa shape index (κ2) is 8.29. The fourth-order valence-electron chi connectivity index (χ4n) is 4.42. The minimum absolute atomic E-state index is 0.0793. The molecule has 1 aliphatic heterocycles. The number of ether oxygens (including phenoxy) is 1. The Morgan fingerprint density at radius 2 is 2.00 bits per heavy atom. The largest absolute Gasteiger partial charge is 0.440 e. The Bertz CT molecular complexity index is 1250. The molecule has 32 heavy (non-hydrogen) atoms. The number of hydrogen-bond acceptors (Lipinski definition) is 5. The van der Waals surface area contributed by atoms with Gasteiger partial charge in [0.1, 0.15) is 11.3 Å². The summed E-state index contributed by atoms with van der Waals surface area (Å²) in [5.41, 5.74) is 2.97. The van der Waals surface area contributed by atoms with E-state index in [0.29, 0.717) is 47.9 Å². The molecule has 9 heteroatoms. The summed E-state index contributed by atoms with van der Waals surface area (Å²) in [6.07, 6.45) is 3.94. The SMILES string of the molecule is O=S(=O)(C1=Cc2ccc(OC(F)F)cc2CC1)N1CCCC(c2nc3ccccc3o2)C1. The minimum Gasteiger partial charge on any atom is -0.440 e. The number of alkyl halides is 2. The molecule has 1 aliphatic carbocycles. The monoisotopic (exact) mass is 460 g/mol. The lowest BCUT2D eigenvalue weighted by molar-refractivity contribution is -0.0498. The van der Waals surface area contributed by atoms with Gasteiger partial charge in [0.25, 0.3) is 0 Å². The van der Waals surface area contributed by atoms with Gasteiger partial charge in [0, 0.05) is 19.0 Å². The molecule has 3 aromatic rings. The van der Waals surface area contributed by atoms with E-state index in [4.69, 9.17) is 4.42 Å². The van der Waals surface area contributed by atoms with Gasteiger partial charge in [-0.1, -0.05) is 18.2 Å². The highest BCUT2D eigenvalue weighted by atomic mass is 32.2. The summed E-state index contributed by atoms with van der Waals surface area (Å²) in [5.74, 6) is 0.549. The van der Waals surface area contributed by atoms with Crippen LogP contribution >= 0.6 is 0 Å². The molecule has 168 valence electrons. The number of sulfonamides is 1. The molecule has 0 amide bonds. The molecule has 1 unspecified atom stereocenters. The zero-order valence-corrected chi connectivity index (χ0v) is 18.0. The molecule has 0 bridgehead atoms. The molecular weight excluding hydrogens is 438 g/mol. The third-order valence-corrected chi connectivity index (χ3v) is 8.01. The minimum atomic E-state index is -3.65. The Morgan fingerprint density at radius 3 is 2.81 bits per heavy atom. The number of fused-ring (bicyclic) bond motifs is 2. The number of benzene rings is 2. The van der Waals surface area contributed by atoms with Crippen molar-refractivity contribution in [3.63, 3.8) is 0 Å². The van der Waals surface area contributed by atoms with Crippen molar-refractivity contribution in [1.82, 2.24) is 9.29 Å². The lowest BCUT2D eigenvalue weighted by Crippen LogP contribution is -2.40. The van der Waals surface area contributed by atoms with E-state index >= 15 is 0 Å². The van der Waals surface area contributed by atoms with Gasteiger partial charge in [0.15, 0.2) is 11.5 Å². The third kappa shape index (κ3) is 4.02. The van der Waals surface area contributed by atoms with E-state index in [0.717, 1.165) is 23.9 Å². The van der Waals surface area contributed by atoms with E-state index < -0.39 is 16.6 Å².